The maximum absolute atomic E-state index is 14.8. The molecule has 1 aliphatic heterocycles. The van der Waals surface area contributed by atoms with Crippen LogP contribution in [0.15, 0.2) is 18.2 Å². The van der Waals surface area contributed by atoms with E-state index in [0.717, 1.165) is 0 Å². The quantitative estimate of drug-likeness (QED) is 0.330. The van der Waals surface area contributed by atoms with Crippen molar-refractivity contribution in [3.63, 3.8) is 0 Å². The van der Waals surface area contributed by atoms with Crippen molar-refractivity contribution in [2.45, 2.75) is 76.3 Å². The third kappa shape index (κ3) is 6.37. The van der Waals surface area contributed by atoms with E-state index >= 15 is 0 Å². The van der Waals surface area contributed by atoms with Crippen LogP contribution in [0.25, 0.3) is 0 Å². The Kier molecular flexibility index (Phi) is 8.46. The predicted molar refractivity (Wildman–Crippen MR) is 118 cm³/mol. The summed E-state index contributed by atoms with van der Waals surface area (Å²) in [5, 5.41) is 35.4. The molecule has 2 rings (SSSR count). The molecule has 5 atom stereocenters. The molecule has 9 heteroatoms. The van der Waals surface area contributed by atoms with Crippen molar-refractivity contribution in [2.24, 2.45) is 11.1 Å². The molecular weight excluding hydrogens is 425 g/mol. The van der Waals surface area contributed by atoms with Gasteiger partial charge in [0.1, 0.15) is 5.82 Å². The first-order valence-corrected chi connectivity index (χ1v) is 10.9. The van der Waals surface area contributed by atoms with Gasteiger partial charge in [0.2, 0.25) is 5.91 Å². The standard InChI is InChI=1S/C22H35ClFN3O4/c1-21(2,11-28)10-14-18(25)16(12-6-5-7-13(23)17(12)24)19(27-14)20(30)26-9-8-15(29)22(3,4)31/h5-7,14-16,18-19,27-29,31H,8-11,25H2,1-4H3,(H,26,30)/t14-,15-,16+,18?,19+/m0/s1. The summed E-state index contributed by atoms with van der Waals surface area (Å²) in [6.45, 7) is 6.84. The van der Waals surface area contributed by atoms with Gasteiger partial charge in [-0.05, 0) is 43.7 Å². The SMILES string of the molecule is CC(C)(CO)C[C@@H]1N[C@@H](C(=O)NCC[C@H](O)C(C)(C)O)[C@H](c2cccc(Cl)c2F)C1N. The molecule has 0 bridgehead atoms. The normalized spacial score (nSPS) is 25.5. The van der Waals surface area contributed by atoms with E-state index in [1.54, 1.807) is 12.1 Å². The molecule has 0 aliphatic carbocycles. The Bertz CT molecular complexity index is 772. The first-order chi connectivity index (χ1) is 14.3. The molecule has 31 heavy (non-hydrogen) atoms. The number of nitrogens with one attached hydrogen (secondary N) is 2. The molecule has 0 radical (unpaired) electrons. The van der Waals surface area contributed by atoms with Crippen LogP contribution >= 0.6 is 11.6 Å². The highest BCUT2D eigenvalue weighted by atomic mass is 35.5. The number of carbonyl (C=O) groups excluding carboxylic acids is 1. The van der Waals surface area contributed by atoms with Gasteiger partial charge >= 0.3 is 0 Å². The van der Waals surface area contributed by atoms with Crippen LogP contribution in [0, 0.1) is 11.2 Å². The second-order valence-electron chi connectivity index (χ2n) is 9.77. The maximum Gasteiger partial charge on any atom is 0.237 e. The fraction of sp³-hybridized carbons (Fsp3) is 0.682. The lowest BCUT2D eigenvalue weighted by molar-refractivity contribution is -0.123. The zero-order valence-electron chi connectivity index (χ0n) is 18.5. The number of nitrogens with two attached hydrogens (primary N) is 1. The van der Waals surface area contributed by atoms with Crippen LogP contribution in [0.4, 0.5) is 4.39 Å². The first-order valence-electron chi connectivity index (χ1n) is 10.5. The maximum atomic E-state index is 14.8. The molecule has 1 saturated heterocycles. The minimum absolute atomic E-state index is 0.0451. The lowest BCUT2D eigenvalue weighted by Gasteiger charge is -2.28. The van der Waals surface area contributed by atoms with Crippen LogP contribution in [0.2, 0.25) is 5.02 Å². The monoisotopic (exact) mass is 459 g/mol. The number of halogens is 2. The molecule has 7 N–H and O–H groups in total. The van der Waals surface area contributed by atoms with Gasteiger partial charge in [0.15, 0.2) is 0 Å². The molecule has 176 valence electrons. The van der Waals surface area contributed by atoms with Crippen molar-refractivity contribution in [2.75, 3.05) is 13.2 Å². The van der Waals surface area contributed by atoms with Crippen LogP contribution in [0.1, 0.15) is 52.0 Å². The Morgan fingerprint density at radius 2 is 2.00 bits per heavy atom. The summed E-state index contributed by atoms with van der Waals surface area (Å²) in [5.41, 5.74) is 5.03. The van der Waals surface area contributed by atoms with Gasteiger partial charge in [-0.1, -0.05) is 37.6 Å². The molecule has 1 unspecified atom stereocenters. The molecule has 0 aromatic heterocycles. The number of benzene rings is 1. The molecule has 1 heterocycles. The van der Waals surface area contributed by atoms with Crippen molar-refractivity contribution in [3.8, 4) is 0 Å². The number of rotatable bonds is 9. The van der Waals surface area contributed by atoms with Gasteiger partial charge in [-0.2, -0.15) is 0 Å². The highest BCUT2D eigenvalue weighted by Gasteiger charge is 2.47. The minimum Gasteiger partial charge on any atom is -0.396 e. The fourth-order valence-corrected chi connectivity index (χ4v) is 4.15. The van der Waals surface area contributed by atoms with Gasteiger partial charge in [-0.25, -0.2) is 4.39 Å². The van der Waals surface area contributed by atoms with Crippen molar-refractivity contribution in [3.05, 3.63) is 34.6 Å². The van der Waals surface area contributed by atoms with E-state index in [9.17, 15) is 24.5 Å². The molecule has 7 nitrogen and oxygen atoms in total. The highest BCUT2D eigenvalue weighted by Crippen LogP contribution is 2.37. The minimum atomic E-state index is -1.29. The van der Waals surface area contributed by atoms with Crippen molar-refractivity contribution in [1.29, 1.82) is 0 Å². The van der Waals surface area contributed by atoms with Gasteiger partial charge in [0.05, 0.1) is 22.8 Å². The largest absolute Gasteiger partial charge is 0.396 e. The Morgan fingerprint density at radius 3 is 2.58 bits per heavy atom. The number of aliphatic hydroxyl groups is 3. The van der Waals surface area contributed by atoms with Crippen molar-refractivity contribution < 1.29 is 24.5 Å². The average molecular weight is 460 g/mol. The highest BCUT2D eigenvalue weighted by molar-refractivity contribution is 6.30. The lowest BCUT2D eigenvalue weighted by Crippen LogP contribution is -2.47. The molecule has 0 spiro atoms. The number of hydrogen-bond acceptors (Lipinski definition) is 6. The number of aliphatic hydroxyl groups excluding tert-OH is 2. The molecular formula is C22H35ClFN3O4. The second-order valence-corrected chi connectivity index (χ2v) is 10.2. The van der Waals surface area contributed by atoms with Crippen molar-refractivity contribution in [1.82, 2.24) is 10.6 Å². The average Bonchev–Trinajstić information content (AvgIpc) is 2.99. The van der Waals surface area contributed by atoms with E-state index < -0.39 is 40.9 Å². The summed E-state index contributed by atoms with van der Waals surface area (Å²) in [7, 11) is 0. The van der Waals surface area contributed by atoms with Gasteiger partial charge in [-0.15, -0.1) is 0 Å². The Balaban J connectivity index is 2.24. The predicted octanol–water partition coefficient (Wildman–Crippen LogP) is 1.28. The fourth-order valence-electron chi connectivity index (χ4n) is 3.97. The third-order valence-corrected chi connectivity index (χ3v) is 6.28. The first kappa shape index (κ1) is 26.0. The summed E-state index contributed by atoms with van der Waals surface area (Å²) < 4.78 is 14.8. The van der Waals surface area contributed by atoms with E-state index in [-0.39, 0.29) is 42.1 Å². The summed E-state index contributed by atoms with van der Waals surface area (Å²) in [4.78, 5) is 13.0. The summed E-state index contributed by atoms with van der Waals surface area (Å²) in [6, 6.07) is 2.90. The molecule has 1 aliphatic rings. The topological polar surface area (TPSA) is 128 Å². The summed E-state index contributed by atoms with van der Waals surface area (Å²) >= 11 is 5.97. The van der Waals surface area contributed by atoms with E-state index in [2.05, 4.69) is 10.6 Å². The van der Waals surface area contributed by atoms with Gasteiger partial charge < -0.3 is 31.7 Å². The Hall–Kier alpha value is -1.29. The number of amides is 1. The number of carbonyl (C=O) groups is 1. The van der Waals surface area contributed by atoms with Crippen molar-refractivity contribution >= 4 is 17.5 Å². The lowest BCUT2D eigenvalue weighted by atomic mass is 9.81. The molecule has 1 aromatic rings. The number of hydrogen-bond donors (Lipinski definition) is 6. The van der Waals surface area contributed by atoms with Crippen LogP contribution < -0.4 is 16.4 Å². The van der Waals surface area contributed by atoms with E-state index in [0.29, 0.717) is 6.42 Å². The van der Waals surface area contributed by atoms with Gasteiger partial charge in [-0.3, -0.25) is 4.79 Å². The van der Waals surface area contributed by atoms with E-state index in [4.69, 9.17) is 17.3 Å². The van der Waals surface area contributed by atoms with Gasteiger partial charge in [0, 0.05) is 31.2 Å². The zero-order chi connectivity index (χ0) is 23.6. The zero-order valence-corrected chi connectivity index (χ0v) is 19.3. The molecule has 1 fully saturated rings. The Morgan fingerprint density at radius 1 is 1.35 bits per heavy atom. The van der Waals surface area contributed by atoms with Gasteiger partial charge in [0.25, 0.3) is 0 Å². The molecule has 1 aromatic carbocycles. The summed E-state index contributed by atoms with van der Waals surface area (Å²) in [5.74, 6) is -1.66. The van der Waals surface area contributed by atoms with Crippen LogP contribution in [0.5, 0.6) is 0 Å². The smallest absolute Gasteiger partial charge is 0.237 e. The second kappa shape index (κ2) is 10.1. The molecule has 1 amide bonds. The Labute approximate surface area is 188 Å². The molecule has 0 saturated carbocycles. The van der Waals surface area contributed by atoms with Crippen LogP contribution in [-0.4, -0.2) is 64.2 Å². The van der Waals surface area contributed by atoms with Crippen LogP contribution in [0.3, 0.4) is 0 Å². The van der Waals surface area contributed by atoms with E-state index in [1.165, 1.54) is 19.9 Å². The van der Waals surface area contributed by atoms with E-state index in [1.807, 2.05) is 13.8 Å². The third-order valence-electron chi connectivity index (χ3n) is 5.99. The summed E-state index contributed by atoms with van der Waals surface area (Å²) in [6.07, 6.45) is -0.360. The van der Waals surface area contributed by atoms with Crippen LogP contribution in [-0.2, 0) is 4.79 Å².